The summed E-state index contributed by atoms with van der Waals surface area (Å²) in [6, 6.07) is 1.67. The first-order chi connectivity index (χ1) is 6.57. The second-order valence-electron chi connectivity index (χ2n) is 2.49. The Kier molecular flexibility index (Phi) is 3.36. The van der Waals surface area contributed by atoms with E-state index in [1.165, 1.54) is 0 Å². The fourth-order valence-electron chi connectivity index (χ4n) is 1.01. The van der Waals surface area contributed by atoms with E-state index < -0.39 is 17.5 Å². The number of hydrogen-bond acceptors (Lipinski definition) is 2. The molecule has 1 rings (SSSR count). The molecule has 6 heteroatoms. The topological polar surface area (TPSA) is 56.6 Å². The lowest BCUT2D eigenvalue weighted by molar-refractivity contribution is 0.145. The molecule has 0 radical (unpaired) electrons. The number of H-pyrrole nitrogens is 1. The van der Waals surface area contributed by atoms with Crippen LogP contribution < -0.4 is 5.43 Å². The Morgan fingerprint density at radius 1 is 1.64 bits per heavy atom. The van der Waals surface area contributed by atoms with Crippen LogP contribution in [0.25, 0.3) is 0 Å². The lowest BCUT2D eigenvalue weighted by Crippen LogP contribution is -2.14. The van der Waals surface area contributed by atoms with Crippen molar-refractivity contribution in [3.05, 3.63) is 32.2 Å². The van der Waals surface area contributed by atoms with E-state index >= 15 is 0 Å². The fraction of sp³-hybridized carbons (Fsp3) is 0.250. The Labute approximate surface area is 86.5 Å². The van der Waals surface area contributed by atoms with Gasteiger partial charge in [0.15, 0.2) is 5.43 Å². The van der Waals surface area contributed by atoms with Crippen molar-refractivity contribution in [2.75, 3.05) is 0 Å². The second kappa shape index (κ2) is 4.33. The highest BCUT2D eigenvalue weighted by Gasteiger charge is 2.17. The molecule has 0 aromatic carbocycles. The van der Waals surface area contributed by atoms with Gasteiger partial charge in [-0.05, 0) is 15.9 Å². The molecule has 0 aliphatic carbocycles. The number of hydrogen-bond donors (Lipinski definition) is 1. The molecule has 0 saturated carbocycles. The first-order valence-electron chi connectivity index (χ1n) is 3.63. The number of aromatic nitrogens is 1. The van der Waals surface area contributed by atoms with Gasteiger partial charge in [0, 0.05) is 11.8 Å². The minimum Gasteiger partial charge on any atom is -0.359 e. The molecule has 0 unspecified atom stereocenters. The van der Waals surface area contributed by atoms with Gasteiger partial charge in [-0.1, -0.05) is 0 Å². The zero-order valence-corrected chi connectivity index (χ0v) is 8.44. The molecule has 14 heavy (non-hydrogen) atoms. The molecule has 0 bridgehead atoms. The first-order valence-corrected chi connectivity index (χ1v) is 4.42. The van der Waals surface area contributed by atoms with E-state index in [1.807, 2.05) is 0 Å². The molecule has 0 saturated heterocycles. The number of aromatic amines is 1. The maximum atomic E-state index is 12.4. The van der Waals surface area contributed by atoms with E-state index in [9.17, 15) is 13.6 Å². The predicted molar refractivity (Wildman–Crippen MR) is 49.0 cm³/mol. The van der Waals surface area contributed by atoms with E-state index in [-0.39, 0.29) is 16.5 Å². The molecule has 0 atom stereocenters. The Balaban J connectivity index is 3.39. The van der Waals surface area contributed by atoms with E-state index in [2.05, 4.69) is 20.9 Å². The number of alkyl halides is 2. The molecule has 1 aromatic rings. The van der Waals surface area contributed by atoms with Gasteiger partial charge in [-0.25, -0.2) is 8.78 Å². The monoisotopic (exact) mass is 262 g/mol. The van der Waals surface area contributed by atoms with Gasteiger partial charge in [-0.3, -0.25) is 4.79 Å². The lowest BCUT2D eigenvalue weighted by Gasteiger charge is -2.05. The van der Waals surface area contributed by atoms with Crippen molar-refractivity contribution in [3.8, 4) is 6.07 Å². The van der Waals surface area contributed by atoms with Crippen molar-refractivity contribution in [3.63, 3.8) is 0 Å². The Bertz CT molecular complexity index is 436. The number of nitriles is 1. The van der Waals surface area contributed by atoms with Crippen LogP contribution in [-0.2, 0) is 6.42 Å². The summed E-state index contributed by atoms with van der Waals surface area (Å²) in [6.07, 6.45) is -1.96. The molecule has 0 aliphatic heterocycles. The van der Waals surface area contributed by atoms with E-state index in [1.54, 1.807) is 6.07 Å². The minimum absolute atomic E-state index is 0.146. The summed E-state index contributed by atoms with van der Waals surface area (Å²) in [5.74, 6) is 0. The standard InChI is InChI=1S/C8H5BrF2N2O/c9-5-3-13-6(8(10)11)4(1-2-12)7(5)14/h3,8H,1H2,(H,13,14). The molecule has 0 amide bonds. The predicted octanol–water partition coefficient (Wildman–Crippen LogP) is 2.14. The molecule has 0 spiro atoms. The van der Waals surface area contributed by atoms with Crippen LogP contribution >= 0.6 is 15.9 Å². The van der Waals surface area contributed by atoms with E-state index in [0.717, 1.165) is 6.20 Å². The number of rotatable bonds is 2. The van der Waals surface area contributed by atoms with Crippen molar-refractivity contribution in [1.82, 2.24) is 4.98 Å². The van der Waals surface area contributed by atoms with E-state index in [0.29, 0.717) is 0 Å². The van der Waals surface area contributed by atoms with Crippen LogP contribution in [0.15, 0.2) is 15.5 Å². The van der Waals surface area contributed by atoms with Crippen molar-refractivity contribution >= 4 is 15.9 Å². The Hall–Kier alpha value is -1.22. The van der Waals surface area contributed by atoms with Gasteiger partial charge in [0.05, 0.1) is 22.7 Å². The van der Waals surface area contributed by atoms with Crippen LogP contribution in [0.3, 0.4) is 0 Å². The van der Waals surface area contributed by atoms with Gasteiger partial charge in [0.25, 0.3) is 6.43 Å². The summed E-state index contributed by atoms with van der Waals surface area (Å²) in [5, 5.41) is 8.38. The van der Waals surface area contributed by atoms with Crippen LogP contribution in [0, 0.1) is 11.3 Å². The SMILES string of the molecule is N#CCc1c(C(F)F)[nH]cc(Br)c1=O. The number of pyridine rings is 1. The molecular weight excluding hydrogens is 258 g/mol. The summed E-state index contributed by atoms with van der Waals surface area (Å²) < 4.78 is 24.9. The Morgan fingerprint density at radius 2 is 2.29 bits per heavy atom. The molecule has 1 heterocycles. The van der Waals surface area contributed by atoms with Crippen molar-refractivity contribution in [2.45, 2.75) is 12.8 Å². The average Bonchev–Trinajstić information content (AvgIpc) is 2.13. The second-order valence-corrected chi connectivity index (χ2v) is 3.35. The van der Waals surface area contributed by atoms with Gasteiger partial charge >= 0.3 is 0 Å². The molecule has 1 aromatic heterocycles. The van der Waals surface area contributed by atoms with Crippen molar-refractivity contribution < 1.29 is 8.78 Å². The first kappa shape index (κ1) is 10.9. The summed E-state index contributed by atoms with van der Waals surface area (Å²) in [5.41, 5.74) is -1.24. The highest BCUT2D eigenvalue weighted by atomic mass is 79.9. The summed E-state index contributed by atoms with van der Waals surface area (Å²) in [4.78, 5) is 13.6. The number of halogens is 3. The average molecular weight is 263 g/mol. The lowest BCUT2D eigenvalue weighted by atomic mass is 10.1. The highest BCUT2D eigenvalue weighted by Crippen LogP contribution is 2.19. The smallest absolute Gasteiger partial charge is 0.278 e. The van der Waals surface area contributed by atoms with Crippen LogP contribution in [0.2, 0.25) is 0 Å². The van der Waals surface area contributed by atoms with Crippen LogP contribution in [-0.4, -0.2) is 4.98 Å². The maximum Gasteiger partial charge on any atom is 0.278 e. The van der Waals surface area contributed by atoms with Crippen LogP contribution in [0.1, 0.15) is 17.7 Å². The quantitative estimate of drug-likeness (QED) is 0.888. The molecule has 1 N–H and O–H groups in total. The maximum absolute atomic E-state index is 12.4. The molecule has 0 fully saturated rings. The summed E-state index contributed by atoms with van der Waals surface area (Å²) in [7, 11) is 0. The molecule has 0 aliphatic rings. The third-order valence-electron chi connectivity index (χ3n) is 1.64. The summed E-state index contributed by atoms with van der Waals surface area (Å²) >= 11 is 2.90. The number of nitrogens with zero attached hydrogens (tertiary/aromatic N) is 1. The van der Waals surface area contributed by atoms with Gasteiger partial charge in [-0.15, -0.1) is 0 Å². The third-order valence-corrected chi connectivity index (χ3v) is 2.23. The molecular formula is C8H5BrF2N2O. The zero-order valence-electron chi connectivity index (χ0n) is 6.85. The van der Waals surface area contributed by atoms with Gasteiger partial charge in [0.1, 0.15) is 0 Å². The summed E-state index contributed by atoms with van der Waals surface area (Å²) in [6.45, 7) is 0. The number of nitrogens with one attached hydrogen (secondary N) is 1. The van der Waals surface area contributed by atoms with Gasteiger partial charge < -0.3 is 4.98 Å². The van der Waals surface area contributed by atoms with Crippen LogP contribution in [0.4, 0.5) is 8.78 Å². The molecule has 74 valence electrons. The third kappa shape index (κ3) is 1.99. The van der Waals surface area contributed by atoms with Gasteiger partial charge in [0.2, 0.25) is 0 Å². The Morgan fingerprint density at radius 3 is 2.79 bits per heavy atom. The fourth-order valence-corrected chi connectivity index (χ4v) is 1.36. The minimum atomic E-state index is -2.78. The normalized spacial score (nSPS) is 10.2. The van der Waals surface area contributed by atoms with Crippen LogP contribution in [0.5, 0.6) is 0 Å². The largest absolute Gasteiger partial charge is 0.359 e. The molecule has 3 nitrogen and oxygen atoms in total. The van der Waals surface area contributed by atoms with Crippen molar-refractivity contribution in [1.29, 1.82) is 5.26 Å². The highest BCUT2D eigenvalue weighted by molar-refractivity contribution is 9.10. The van der Waals surface area contributed by atoms with Crippen molar-refractivity contribution in [2.24, 2.45) is 0 Å². The zero-order chi connectivity index (χ0) is 10.7. The van der Waals surface area contributed by atoms with Gasteiger partial charge in [-0.2, -0.15) is 5.26 Å². The van der Waals surface area contributed by atoms with E-state index in [4.69, 9.17) is 5.26 Å².